The van der Waals surface area contributed by atoms with Crippen molar-refractivity contribution in [1.29, 1.82) is 0 Å². The average molecular weight is 276 g/mol. The van der Waals surface area contributed by atoms with E-state index in [1.165, 1.54) is 22.0 Å². The molecule has 0 amide bonds. The lowest BCUT2D eigenvalue weighted by molar-refractivity contribution is 0.628. The zero-order valence-corrected chi connectivity index (χ0v) is 12.5. The molecular formula is C14H20N4S. The topological polar surface area (TPSA) is 50.7 Å². The molecule has 5 heteroatoms. The summed E-state index contributed by atoms with van der Waals surface area (Å²) in [5, 5.41) is 7.77. The molecule has 102 valence electrons. The summed E-state index contributed by atoms with van der Waals surface area (Å²) in [4.78, 5) is 5.61. The third-order valence-corrected chi connectivity index (χ3v) is 3.84. The van der Waals surface area contributed by atoms with Gasteiger partial charge < -0.3 is 5.32 Å². The largest absolute Gasteiger partial charge is 0.306 e. The van der Waals surface area contributed by atoms with E-state index in [1.54, 1.807) is 0 Å². The van der Waals surface area contributed by atoms with Crippen LogP contribution in [0.1, 0.15) is 48.1 Å². The second-order valence-electron chi connectivity index (χ2n) is 4.56. The lowest BCUT2D eigenvalue weighted by atomic mass is 10.0. The second kappa shape index (κ2) is 6.73. The third-order valence-electron chi connectivity index (χ3n) is 3.01. The Bertz CT molecular complexity index is 506. The number of rotatable bonds is 6. The molecule has 19 heavy (non-hydrogen) atoms. The van der Waals surface area contributed by atoms with Gasteiger partial charge in [-0.05, 0) is 43.1 Å². The van der Waals surface area contributed by atoms with Crippen molar-refractivity contribution in [2.45, 2.75) is 39.7 Å². The van der Waals surface area contributed by atoms with Gasteiger partial charge in [0.2, 0.25) is 0 Å². The van der Waals surface area contributed by atoms with Gasteiger partial charge in [0.15, 0.2) is 0 Å². The van der Waals surface area contributed by atoms with Crippen molar-refractivity contribution in [3.05, 3.63) is 40.2 Å². The maximum absolute atomic E-state index is 4.39. The van der Waals surface area contributed by atoms with Crippen LogP contribution >= 0.6 is 11.5 Å². The third kappa shape index (κ3) is 3.36. The molecule has 2 heterocycles. The van der Waals surface area contributed by atoms with Crippen molar-refractivity contribution in [2.75, 3.05) is 6.54 Å². The van der Waals surface area contributed by atoms with Crippen LogP contribution in [0.2, 0.25) is 0 Å². The van der Waals surface area contributed by atoms with Crippen LogP contribution in [0.25, 0.3) is 0 Å². The molecule has 0 saturated heterocycles. The molecule has 2 rings (SSSR count). The first kappa shape index (κ1) is 14.1. The number of hydrogen-bond donors (Lipinski definition) is 1. The van der Waals surface area contributed by atoms with Gasteiger partial charge in [0, 0.05) is 11.9 Å². The van der Waals surface area contributed by atoms with Crippen LogP contribution in [-0.4, -0.2) is 21.1 Å². The Hall–Kier alpha value is -1.33. The van der Waals surface area contributed by atoms with Gasteiger partial charge >= 0.3 is 0 Å². The van der Waals surface area contributed by atoms with E-state index < -0.39 is 0 Å². The maximum atomic E-state index is 4.39. The van der Waals surface area contributed by atoms with Gasteiger partial charge in [0.25, 0.3) is 0 Å². The van der Waals surface area contributed by atoms with Gasteiger partial charge in [0.05, 0.1) is 16.6 Å². The molecule has 0 aliphatic carbocycles. The molecule has 0 aliphatic rings. The highest BCUT2D eigenvalue weighted by molar-refractivity contribution is 7.05. The molecule has 1 N–H and O–H groups in total. The summed E-state index contributed by atoms with van der Waals surface area (Å²) < 4.78 is 4.12. The molecule has 0 aliphatic heterocycles. The predicted octanol–water partition coefficient (Wildman–Crippen LogP) is 2.89. The van der Waals surface area contributed by atoms with E-state index in [2.05, 4.69) is 39.8 Å². The quantitative estimate of drug-likeness (QED) is 0.881. The van der Waals surface area contributed by atoms with Gasteiger partial charge in [-0.25, -0.2) is 0 Å². The molecule has 1 unspecified atom stereocenters. The van der Waals surface area contributed by atoms with Crippen LogP contribution in [0, 0.1) is 6.92 Å². The number of nitrogens with zero attached hydrogens (tertiary/aromatic N) is 3. The van der Waals surface area contributed by atoms with Crippen LogP contribution < -0.4 is 5.32 Å². The molecule has 2 aromatic heterocycles. The minimum atomic E-state index is 0.152. The molecule has 0 radical (unpaired) electrons. The van der Waals surface area contributed by atoms with Crippen LogP contribution in [0.15, 0.2) is 18.3 Å². The predicted molar refractivity (Wildman–Crippen MR) is 78.4 cm³/mol. The molecule has 0 spiro atoms. The van der Waals surface area contributed by atoms with Gasteiger partial charge in [-0.3, -0.25) is 4.98 Å². The van der Waals surface area contributed by atoms with Crippen molar-refractivity contribution in [3.8, 4) is 0 Å². The van der Waals surface area contributed by atoms with E-state index in [-0.39, 0.29) is 6.04 Å². The summed E-state index contributed by atoms with van der Waals surface area (Å²) in [6, 6.07) is 4.33. The van der Waals surface area contributed by atoms with Crippen LogP contribution in [0.5, 0.6) is 0 Å². The van der Waals surface area contributed by atoms with Gasteiger partial charge in [-0.1, -0.05) is 30.8 Å². The van der Waals surface area contributed by atoms with Crippen molar-refractivity contribution in [3.63, 3.8) is 0 Å². The molecule has 0 bridgehead atoms. The number of nitrogens with one attached hydrogen (secondary N) is 1. The minimum absolute atomic E-state index is 0.152. The first-order valence-corrected chi connectivity index (χ1v) is 7.50. The summed E-state index contributed by atoms with van der Waals surface area (Å²) in [6.45, 7) is 7.19. The van der Waals surface area contributed by atoms with E-state index in [0.717, 1.165) is 30.8 Å². The van der Waals surface area contributed by atoms with E-state index in [4.69, 9.17) is 0 Å². The summed E-state index contributed by atoms with van der Waals surface area (Å²) in [5.74, 6) is 0. The summed E-state index contributed by atoms with van der Waals surface area (Å²) in [7, 11) is 0. The zero-order valence-electron chi connectivity index (χ0n) is 11.7. The maximum Gasteiger partial charge on any atom is 0.0807 e. The Morgan fingerprint density at radius 3 is 2.79 bits per heavy atom. The highest BCUT2D eigenvalue weighted by Gasteiger charge is 2.20. The normalized spacial score (nSPS) is 12.6. The SMILES string of the molecule is CCCc1nnsc1C(NCC)c1ccc(C)nc1. The van der Waals surface area contributed by atoms with E-state index >= 15 is 0 Å². The van der Waals surface area contributed by atoms with Gasteiger partial charge in [-0.2, -0.15) is 0 Å². The van der Waals surface area contributed by atoms with Crippen LogP contribution in [0.3, 0.4) is 0 Å². The van der Waals surface area contributed by atoms with Crippen molar-refractivity contribution in [1.82, 2.24) is 19.9 Å². The molecule has 1 atom stereocenters. The highest BCUT2D eigenvalue weighted by atomic mass is 32.1. The van der Waals surface area contributed by atoms with Gasteiger partial charge in [0.1, 0.15) is 0 Å². The fourth-order valence-electron chi connectivity index (χ4n) is 2.06. The molecule has 0 saturated carbocycles. The first-order chi connectivity index (χ1) is 9.26. The first-order valence-electron chi connectivity index (χ1n) is 6.73. The fraction of sp³-hybridized carbons (Fsp3) is 0.500. The number of pyridine rings is 1. The zero-order chi connectivity index (χ0) is 13.7. The Balaban J connectivity index is 2.33. The lowest BCUT2D eigenvalue weighted by Gasteiger charge is -2.17. The molecule has 0 fully saturated rings. The molecular weight excluding hydrogens is 256 g/mol. The van der Waals surface area contributed by atoms with Crippen LogP contribution in [0.4, 0.5) is 0 Å². The smallest absolute Gasteiger partial charge is 0.0807 e. The van der Waals surface area contributed by atoms with Crippen molar-refractivity contribution < 1.29 is 0 Å². The second-order valence-corrected chi connectivity index (χ2v) is 5.34. The standard InChI is InChI=1S/C14H20N4S/c1-4-6-12-14(19-18-17-12)13(15-5-2)11-8-7-10(3)16-9-11/h7-9,13,15H,4-6H2,1-3H3. The summed E-state index contributed by atoms with van der Waals surface area (Å²) >= 11 is 1.49. The monoisotopic (exact) mass is 276 g/mol. The Labute approximate surface area is 118 Å². The number of aryl methyl sites for hydroxylation is 2. The molecule has 0 aromatic carbocycles. The molecule has 2 aromatic rings. The molecule has 4 nitrogen and oxygen atoms in total. The Kier molecular flexibility index (Phi) is 4.99. The van der Waals surface area contributed by atoms with Crippen molar-refractivity contribution in [2.24, 2.45) is 0 Å². The minimum Gasteiger partial charge on any atom is -0.306 e. The van der Waals surface area contributed by atoms with Gasteiger partial charge in [-0.15, -0.1) is 5.10 Å². The summed E-state index contributed by atoms with van der Waals surface area (Å²) in [5.41, 5.74) is 3.32. The van der Waals surface area contributed by atoms with E-state index in [1.807, 2.05) is 19.2 Å². The number of hydrogen-bond acceptors (Lipinski definition) is 5. The fourth-order valence-corrected chi connectivity index (χ4v) is 2.86. The lowest BCUT2D eigenvalue weighted by Crippen LogP contribution is -2.22. The Morgan fingerprint density at radius 2 is 2.16 bits per heavy atom. The number of aromatic nitrogens is 3. The highest BCUT2D eigenvalue weighted by Crippen LogP contribution is 2.27. The van der Waals surface area contributed by atoms with Crippen molar-refractivity contribution >= 4 is 11.5 Å². The average Bonchev–Trinajstić information content (AvgIpc) is 2.86. The van der Waals surface area contributed by atoms with E-state index in [0.29, 0.717) is 0 Å². The van der Waals surface area contributed by atoms with E-state index in [9.17, 15) is 0 Å². The Morgan fingerprint density at radius 1 is 1.32 bits per heavy atom. The van der Waals surface area contributed by atoms with Crippen LogP contribution in [-0.2, 0) is 6.42 Å². The summed E-state index contributed by atoms with van der Waals surface area (Å²) in [6.07, 6.45) is 4.01.